The van der Waals surface area contributed by atoms with E-state index in [1.807, 2.05) is 66.7 Å². The number of hydrogen-bond acceptors (Lipinski definition) is 3. The Morgan fingerprint density at radius 2 is 1.54 bits per heavy atom. The molecule has 0 bridgehead atoms. The molecule has 0 aliphatic carbocycles. The summed E-state index contributed by atoms with van der Waals surface area (Å²) >= 11 is 0. The first-order valence-corrected chi connectivity index (χ1v) is 14.0. The van der Waals surface area contributed by atoms with Crippen molar-refractivity contribution in [2.24, 2.45) is 0 Å². The van der Waals surface area contributed by atoms with Gasteiger partial charge in [0.05, 0.1) is 18.4 Å². The van der Waals surface area contributed by atoms with E-state index in [1.165, 1.54) is 21.9 Å². The summed E-state index contributed by atoms with van der Waals surface area (Å²) in [4.78, 5) is 17.0. The van der Waals surface area contributed by atoms with Gasteiger partial charge < -0.3 is 15.0 Å². The molecule has 0 saturated carbocycles. The number of hydrogen-bond donors (Lipinski definition) is 2. The molecule has 0 spiro atoms. The van der Waals surface area contributed by atoms with Gasteiger partial charge in [0.25, 0.3) is 0 Å². The highest BCUT2D eigenvalue weighted by Gasteiger charge is 2.17. The second kappa shape index (κ2) is 11.0. The van der Waals surface area contributed by atoms with E-state index in [2.05, 4.69) is 79.6 Å². The number of benzene rings is 5. The van der Waals surface area contributed by atoms with Gasteiger partial charge in [0.15, 0.2) is 5.78 Å². The lowest BCUT2D eigenvalue weighted by molar-refractivity contribution is 0.103. The van der Waals surface area contributed by atoms with E-state index in [4.69, 9.17) is 4.74 Å². The van der Waals surface area contributed by atoms with Crippen molar-refractivity contribution in [2.75, 3.05) is 11.9 Å². The van der Waals surface area contributed by atoms with Crippen molar-refractivity contribution in [3.05, 3.63) is 138 Å². The zero-order valence-electron chi connectivity index (χ0n) is 23.6. The summed E-state index contributed by atoms with van der Waals surface area (Å²) in [6.45, 7) is 7.03. The van der Waals surface area contributed by atoms with E-state index < -0.39 is 0 Å². The average molecular weight is 538 g/mol. The van der Waals surface area contributed by atoms with Crippen molar-refractivity contribution >= 4 is 39.0 Å². The third kappa shape index (κ3) is 5.59. The van der Waals surface area contributed by atoms with Crippen LogP contribution in [0.2, 0.25) is 0 Å². The molecule has 4 nitrogen and oxygen atoms in total. The molecule has 4 heteroatoms. The Kier molecular flexibility index (Phi) is 7.07. The fraction of sp³-hybridized carbons (Fsp3) is 0.162. The van der Waals surface area contributed by atoms with Crippen LogP contribution in [0.3, 0.4) is 0 Å². The molecule has 1 radical (unpaired) electrons. The SMILES string of the molecule is CC(C)(C)c1ccc(C(=O)c2ccccc2Nc2[c]c(OCCc3cccc4c3[nH]c3ccccc34)ccc2)cc1. The fourth-order valence-electron chi connectivity index (χ4n) is 5.23. The Hall–Kier alpha value is -4.83. The minimum Gasteiger partial charge on any atom is -0.493 e. The number of carbonyl (C=O) groups is 1. The van der Waals surface area contributed by atoms with Gasteiger partial charge in [-0.2, -0.15) is 0 Å². The van der Waals surface area contributed by atoms with Gasteiger partial charge in [-0.05, 0) is 46.9 Å². The van der Waals surface area contributed by atoms with Crippen molar-refractivity contribution in [3.63, 3.8) is 0 Å². The lowest BCUT2D eigenvalue weighted by Gasteiger charge is -2.19. The molecule has 6 rings (SSSR count). The van der Waals surface area contributed by atoms with Crippen LogP contribution in [0, 0.1) is 6.07 Å². The van der Waals surface area contributed by atoms with Crippen LogP contribution in [0.25, 0.3) is 21.8 Å². The van der Waals surface area contributed by atoms with Crippen LogP contribution in [-0.4, -0.2) is 17.4 Å². The maximum atomic E-state index is 13.4. The Bertz CT molecular complexity index is 1840. The maximum absolute atomic E-state index is 13.4. The van der Waals surface area contributed by atoms with Crippen molar-refractivity contribution in [2.45, 2.75) is 32.6 Å². The molecule has 2 N–H and O–H groups in total. The van der Waals surface area contributed by atoms with Gasteiger partial charge in [0, 0.05) is 45.0 Å². The third-order valence-electron chi connectivity index (χ3n) is 7.48. The fourth-order valence-corrected chi connectivity index (χ4v) is 5.23. The van der Waals surface area contributed by atoms with Gasteiger partial charge in [-0.25, -0.2) is 0 Å². The summed E-state index contributed by atoms with van der Waals surface area (Å²) in [7, 11) is 0. The second-order valence-corrected chi connectivity index (χ2v) is 11.4. The second-order valence-electron chi connectivity index (χ2n) is 11.4. The van der Waals surface area contributed by atoms with E-state index >= 15 is 0 Å². The minimum absolute atomic E-state index is 0.0212. The standard InChI is InChI=1S/C37H33N2O2/c1-37(2,3)27-20-18-26(19-21-27)36(40)32-14-5-7-17-34(32)38-28-11-9-12-29(24-28)41-23-22-25-10-8-15-31-30-13-4-6-16-33(30)39-35(25)31/h4-21,38-39H,22-23H2,1-3H3. The van der Waals surface area contributed by atoms with E-state index in [0.29, 0.717) is 23.5 Å². The molecular formula is C37H33N2O2. The Balaban J connectivity index is 1.15. The number of ether oxygens (including phenoxy) is 1. The van der Waals surface area contributed by atoms with Gasteiger partial charge in [0.1, 0.15) is 5.75 Å². The van der Waals surface area contributed by atoms with Crippen LogP contribution in [0.15, 0.2) is 109 Å². The highest BCUT2D eigenvalue weighted by molar-refractivity contribution is 6.12. The monoisotopic (exact) mass is 537 g/mol. The Labute approximate surface area is 241 Å². The van der Waals surface area contributed by atoms with Crippen LogP contribution < -0.4 is 10.1 Å². The van der Waals surface area contributed by atoms with E-state index in [0.717, 1.165) is 28.8 Å². The number of anilines is 2. The first-order chi connectivity index (χ1) is 19.9. The number of H-pyrrole nitrogens is 1. The zero-order chi connectivity index (χ0) is 28.4. The van der Waals surface area contributed by atoms with Crippen molar-refractivity contribution in [1.29, 1.82) is 0 Å². The normalized spacial score (nSPS) is 11.6. The van der Waals surface area contributed by atoms with Crippen molar-refractivity contribution < 1.29 is 9.53 Å². The van der Waals surface area contributed by atoms with Crippen LogP contribution in [-0.2, 0) is 11.8 Å². The Morgan fingerprint density at radius 1 is 0.805 bits per heavy atom. The molecular weight excluding hydrogens is 504 g/mol. The molecule has 0 unspecified atom stereocenters. The average Bonchev–Trinajstić information content (AvgIpc) is 3.37. The van der Waals surface area contributed by atoms with Crippen LogP contribution in [0.1, 0.15) is 47.8 Å². The molecule has 0 aliphatic rings. The van der Waals surface area contributed by atoms with Crippen LogP contribution in [0.4, 0.5) is 11.4 Å². The molecule has 41 heavy (non-hydrogen) atoms. The number of nitrogens with one attached hydrogen (secondary N) is 2. The molecule has 0 saturated heterocycles. The number of carbonyl (C=O) groups excluding carboxylic acids is 1. The van der Waals surface area contributed by atoms with Gasteiger partial charge in [-0.1, -0.05) is 99.6 Å². The lowest BCUT2D eigenvalue weighted by Crippen LogP contribution is -2.11. The quantitative estimate of drug-likeness (QED) is 0.191. The van der Waals surface area contributed by atoms with Gasteiger partial charge in [-0.3, -0.25) is 4.79 Å². The van der Waals surface area contributed by atoms with Crippen molar-refractivity contribution in [1.82, 2.24) is 4.98 Å². The van der Waals surface area contributed by atoms with Crippen LogP contribution >= 0.6 is 0 Å². The smallest absolute Gasteiger partial charge is 0.195 e. The third-order valence-corrected chi connectivity index (χ3v) is 7.48. The first kappa shape index (κ1) is 26.4. The number of aromatic amines is 1. The van der Waals surface area contributed by atoms with E-state index in [1.54, 1.807) is 0 Å². The number of para-hydroxylation sites is 3. The summed E-state index contributed by atoms with van der Waals surface area (Å²) in [6.07, 6.45) is 0.765. The topological polar surface area (TPSA) is 54.1 Å². The summed E-state index contributed by atoms with van der Waals surface area (Å²) in [5, 5.41) is 5.85. The van der Waals surface area contributed by atoms with Gasteiger partial charge in [0.2, 0.25) is 0 Å². The maximum Gasteiger partial charge on any atom is 0.195 e. The molecule has 0 atom stereocenters. The molecule has 1 heterocycles. The number of aromatic nitrogens is 1. The molecule has 5 aromatic carbocycles. The van der Waals surface area contributed by atoms with E-state index in [9.17, 15) is 4.79 Å². The summed E-state index contributed by atoms with van der Waals surface area (Å²) in [5.74, 6) is 0.632. The predicted octanol–water partition coefficient (Wildman–Crippen LogP) is 9.01. The lowest BCUT2D eigenvalue weighted by atomic mass is 9.86. The molecule has 0 amide bonds. The first-order valence-electron chi connectivity index (χ1n) is 14.0. The molecule has 6 aromatic rings. The van der Waals surface area contributed by atoms with Gasteiger partial charge in [-0.15, -0.1) is 0 Å². The summed E-state index contributed by atoms with van der Waals surface area (Å²) in [5.41, 5.74) is 7.50. The van der Waals surface area contributed by atoms with Crippen molar-refractivity contribution in [3.8, 4) is 5.75 Å². The number of rotatable bonds is 8. The Morgan fingerprint density at radius 3 is 2.37 bits per heavy atom. The van der Waals surface area contributed by atoms with E-state index in [-0.39, 0.29) is 11.2 Å². The highest BCUT2D eigenvalue weighted by Crippen LogP contribution is 2.29. The minimum atomic E-state index is -0.0212. The molecule has 0 aliphatic heterocycles. The zero-order valence-corrected chi connectivity index (χ0v) is 23.6. The molecule has 0 fully saturated rings. The number of fused-ring (bicyclic) bond motifs is 3. The number of ketones is 1. The largest absolute Gasteiger partial charge is 0.493 e. The summed E-state index contributed by atoms with van der Waals surface area (Å²) in [6, 6.07) is 39.4. The van der Waals surface area contributed by atoms with Crippen LogP contribution in [0.5, 0.6) is 5.75 Å². The highest BCUT2D eigenvalue weighted by atomic mass is 16.5. The molecule has 1 aromatic heterocycles. The van der Waals surface area contributed by atoms with Gasteiger partial charge >= 0.3 is 0 Å². The summed E-state index contributed by atoms with van der Waals surface area (Å²) < 4.78 is 6.12. The molecule has 203 valence electrons. The predicted molar refractivity (Wildman–Crippen MR) is 169 cm³/mol.